The Morgan fingerprint density at radius 1 is 1.06 bits per heavy atom. The molecule has 0 aliphatic rings. The Kier molecular flexibility index (Phi) is 6.32. The molecule has 32 heavy (non-hydrogen) atoms. The molecule has 0 saturated carbocycles. The Labute approximate surface area is 188 Å². The lowest BCUT2D eigenvalue weighted by Gasteiger charge is -2.22. The van der Waals surface area contributed by atoms with Gasteiger partial charge in [0.2, 0.25) is 10.0 Å². The molecule has 0 radical (unpaired) electrons. The van der Waals surface area contributed by atoms with Crippen LogP contribution in [0.4, 0.5) is 5.69 Å². The molecule has 0 aliphatic heterocycles. The smallest absolute Gasteiger partial charge is 0.255 e. The van der Waals surface area contributed by atoms with Crippen molar-refractivity contribution in [2.75, 3.05) is 11.0 Å². The van der Waals surface area contributed by atoms with Crippen LogP contribution < -0.4 is 10.3 Å². The number of sulfonamides is 1. The normalized spacial score (nSPS) is 12.6. The summed E-state index contributed by atoms with van der Waals surface area (Å²) < 4.78 is 25.3. The van der Waals surface area contributed by atoms with Crippen LogP contribution in [0.25, 0.3) is 22.8 Å². The number of phenols is 1. The average molecular weight is 453 g/mol. The Bertz CT molecular complexity index is 1330. The topological polar surface area (TPSA) is 99.3 Å². The standard InChI is InChI=1S/C25H28N2O4S/c1-16(17-8-10-20(11-9-17)27-32(5,30)31)13-18-14-19(25(2,3)4)15-22(23(18)28)21-7-6-12-26-24(21)29/h6-15,27-28H,1-5H3,(H,26,29)/b16-13+. The Morgan fingerprint density at radius 3 is 2.28 bits per heavy atom. The third-order valence-corrected chi connectivity index (χ3v) is 5.74. The van der Waals surface area contributed by atoms with Crippen molar-refractivity contribution in [1.29, 1.82) is 0 Å². The number of anilines is 1. The van der Waals surface area contributed by atoms with Gasteiger partial charge in [0.25, 0.3) is 5.56 Å². The van der Waals surface area contributed by atoms with Gasteiger partial charge in [-0.1, -0.05) is 32.9 Å². The van der Waals surface area contributed by atoms with Gasteiger partial charge in [0, 0.05) is 23.0 Å². The van der Waals surface area contributed by atoms with Crippen molar-refractivity contribution in [3.05, 3.63) is 81.8 Å². The molecule has 168 valence electrons. The van der Waals surface area contributed by atoms with Gasteiger partial charge in [-0.2, -0.15) is 0 Å². The van der Waals surface area contributed by atoms with Crippen LogP contribution in [-0.4, -0.2) is 24.8 Å². The number of benzene rings is 2. The molecule has 0 saturated heterocycles. The second-order valence-corrected chi connectivity index (χ2v) is 10.7. The Morgan fingerprint density at radius 2 is 1.72 bits per heavy atom. The third kappa shape index (κ3) is 5.48. The molecule has 6 nitrogen and oxygen atoms in total. The molecule has 7 heteroatoms. The van der Waals surface area contributed by atoms with E-state index in [2.05, 4.69) is 30.5 Å². The molecule has 0 aliphatic carbocycles. The maximum atomic E-state index is 12.4. The van der Waals surface area contributed by atoms with E-state index >= 15 is 0 Å². The van der Waals surface area contributed by atoms with Crippen molar-refractivity contribution in [2.24, 2.45) is 0 Å². The average Bonchev–Trinajstić information content (AvgIpc) is 2.68. The first-order valence-electron chi connectivity index (χ1n) is 10.2. The van der Waals surface area contributed by atoms with Crippen LogP contribution in [0.3, 0.4) is 0 Å². The minimum absolute atomic E-state index is 0.0319. The molecule has 3 N–H and O–H groups in total. The number of H-pyrrole nitrogens is 1. The van der Waals surface area contributed by atoms with Gasteiger partial charge in [-0.3, -0.25) is 9.52 Å². The molecule has 1 heterocycles. The number of hydrogen-bond donors (Lipinski definition) is 3. The number of aromatic amines is 1. The highest BCUT2D eigenvalue weighted by molar-refractivity contribution is 7.92. The fraction of sp³-hybridized carbons (Fsp3) is 0.240. The van der Waals surface area contributed by atoms with E-state index < -0.39 is 10.0 Å². The summed E-state index contributed by atoms with van der Waals surface area (Å²) in [7, 11) is -3.34. The highest BCUT2D eigenvalue weighted by Gasteiger charge is 2.20. The van der Waals surface area contributed by atoms with Gasteiger partial charge in [0.1, 0.15) is 5.75 Å². The minimum atomic E-state index is -3.34. The van der Waals surface area contributed by atoms with E-state index in [1.165, 1.54) is 0 Å². The molecule has 1 aromatic heterocycles. The van der Waals surface area contributed by atoms with Crippen LogP contribution in [0.5, 0.6) is 5.75 Å². The van der Waals surface area contributed by atoms with Crippen LogP contribution in [0.2, 0.25) is 0 Å². The van der Waals surface area contributed by atoms with Gasteiger partial charge in [-0.15, -0.1) is 0 Å². The van der Waals surface area contributed by atoms with Crippen LogP contribution in [-0.2, 0) is 15.4 Å². The van der Waals surface area contributed by atoms with Gasteiger partial charge >= 0.3 is 0 Å². The van der Waals surface area contributed by atoms with Crippen molar-refractivity contribution in [1.82, 2.24) is 4.98 Å². The van der Waals surface area contributed by atoms with Crippen molar-refractivity contribution in [3.63, 3.8) is 0 Å². The summed E-state index contributed by atoms with van der Waals surface area (Å²) in [5.74, 6) is 0.0319. The quantitative estimate of drug-likeness (QED) is 0.476. The lowest BCUT2D eigenvalue weighted by Crippen LogP contribution is -2.13. The number of nitrogens with one attached hydrogen (secondary N) is 2. The Balaban J connectivity index is 2.10. The van der Waals surface area contributed by atoms with E-state index in [9.17, 15) is 18.3 Å². The maximum absolute atomic E-state index is 12.4. The number of rotatable bonds is 5. The number of aromatic nitrogens is 1. The third-order valence-electron chi connectivity index (χ3n) is 5.13. The molecule has 0 bridgehead atoms. The largest absolute Gasteiger partial charge is 0.507 e. The van der Waals surface area contributed by atoms with Crippen molar-refractivity contribution >= 4 is 27.4 Å². The molecular weight excluding hydrogens is 424 g/mol. The van der Waals surface area contributed by atoms with Crippen LogP contribution in [0, 0.1) is 0 Å². The summed E-state index contributed by atoms with van der Waals surface area (Å²) in [4.78, 5) is 15.0. The lowest BCUT2D eigenvalue weighted by molar-refractivity contribution is 0.474. The first-order chi connectivity index (χ1) is 14.8. The van der Waals surface area contributed by atoms with Gasteiger partial charge in [0.15, 0.2) is 0 Å². The Hall–Kier alpha value is -3.32. The second-order valence-electron chi connectivity index (χ2n) is 8.90. The van der Waals surface area contributed by atoms with E-state index in [0.29, 0.717) is 22.4 Å². The number of phenolic OH excluding ortho intramolecular Hbond substituents is 1. The van der Waals surface area contributed by atoms with Crippen molar-refractivity contribution in [2.45, 2.75) is 33.1 Å². The summed E-state index contributed by atoms with van der Waals surface area (Å²) in [6.45, 7) is 8.14. The maximum Gasteiger partial charge on any atom is 0.255 e. The zero-order chi connectivity index (χ0) is 23.7. The zero-order valence-corrected chi connectivity index (χ0v) is 19.7. The molecule has 0 spiro atoms. The first kappa shape index (κ1) is 23.3. The SMILES string of the molecule is C/C(=C\c1cc(C(C)(C)C)cc(-c2ccc[nH]c2=O)c1O)c1ccc(NS(C)(=O)=O)cc1. The number of pyridine rings is 1. The summed E-state index contributed by atoms with van der Waals surface area (Å²) in [5.41, 5.74) is 4.24. The van der Waals surface area contributed by atoms with Crippen LogP contribution >= 0.6 is 0 Å². The fourth-order valence-electron chi connectivity index (χ4n) is 3.37. The predicted octanol–water partition coefficient (Wildman–Crippen LogP) is 4.98. The van der Waals surface area contributed by atoms with Gasteiger partial charge in [-0.25, -0.2) is 8.42 Å². The van der Waals surface area contributed by atoms with E-state index in [0.717, 1.165) is 23.0 Å². The van der Waals surface area contributed by atoms with E-state index in [-0.39, 0.29) is 16.7 Å². The second kappa shape index (κ2) is 8.67. The van der Waals surface area contributed by atoms with Gasteiger partial charge in [0.05, 0.1) is 11.8 Å². The molecule has 0 amide bonds. The minimum Gasteiger partial charge on any atom is -0.507 e. The first-order valence-corrected chi connectivity index (χ1v) is 12.1. The van der Waals surface area contributed by atoms with E-state index in [1.54, 1.807) is 30.5 Å². The van der Waals surface area contributed by atoms with Crippen LogP contribution in [0.15, 0.2) is 59.5 Å². The van der Waals surface area contributed by atoms with E-state index in [4.69, 9.17) is 0 Å². The molecule has 3 rings (SSSR count). The highest BCUT2D eigenvalue weighted by Crippen LogP contribution is 2.37. The molecule has 2 aromatic carbocycles. The van der Waals surface area contributed by atoms with Gasteiger partial charge < -0.3 is 10.1 Å². The monoisotopic (exact) mass is 452 g/mol. The lowest BCUT2D eigenvalue weighted by atomic mass is 9.83. The zero-order valence-electron chi connectivity index (χ0n) is 18.9. The summed E-state index contributed by atoms with van der Waals surface area (Å²) in [6, 6.07) is 14.2. The molecule has 0 atom stereocenters. The number of hydrogen-bond acceptors (Lipinski definition) is 4. The fourth-order valence-corrected chi connectivity index (χ4v) is 3.93. The number of allylic oxidation sites excluding steroid dienone is 1. The number of aromatic hydroxyl groups is 1. The summed E-state index contributed by atoms with van der Waals surface area (Å²) >= 11 is 0. The predicted molar refractivity (Wildman–Crippen MR) is 131 cm³/mol. The molecule has 0 fully saturated rings. The molecule has 3 aromatic rings. The molecule has 0 unspecified atom stereocenters. The van der Waals surface area contributed by atoms with E-state index in [1.807, 2.05) is 37.3 Å². The van der Waals surface area contributed by atoms with Crippen molar-refractivity contribution in [3.8, 4) is 16.9 Å². The molecular formula is C25H28N2O4S. The van der Waals surface area contributed by atoms with Crippen LogP contribution in [0.1, 0.15) is 44.4 Å². The van der Waals surface area contributed by atoms with Crippen molar-refractivity contribution < 1.29 is 13.5 Å². The highest BCUT2D eigenvalue weighted by atomic mass is 32.2. The van der Waals surface area contributed by atoms with Gasteiger partial charge in [-0.05, 0) is 71.5 Å². The summed E-state index contributed by atoms with van der Waals surface area (Å²) in [6.07, 6.45) is 4.53. The summed E-state index contributed by atoms with van der Waals surface area (Å²) in [5, 5.41) is 11.1.